The molecule has 0 saturated carbocycles. The molecule has 2 aromatic carbocycles. The van der Waals surface area contributed by atoms with E-state index < -0.39 is 0 Å². The number of rotatable bonds is 4. The Bertz CT molecular complexity index is 1010. The first kappa shape index (κ1) is 17.6. The molecule has 0 N–H and O–H groups in total. The number of fused-ring (bicyclic) bond motifs is 1. The maximum Gasteiger partial charge on any atom is 0.234 e. The van der Waals surface area contributed by atoms with Crippen LogP contribution in [0.1, 0.15) is 11.1 Å². The van der Waals surface area contributed by atoms with Gasteiger partial charge in [0.2, 0.25) is 4.74 Å². The molecule has 0 atom stereocenters. The van der Waals surface area contributed by atoms with E-state index >= 15 is 0 Å². The van der Waals surface area contributed by atoms with Gasteiger partial charge in [0.1, 0.15) is 12.4 Å². The Morgan fingerprint density at radius 1 is 1.04 bits per heavy atom. The Labute approximate surface area is 155 Å². The summed E-state index contributed by atoms with van der Waals surface area (Å²) >= 11 is 2.87. The largest absolute Gasteiger partial charge is 0.481 e. The van der Waals surface area contributed by atoms with Crippen molar-refractivity contribution in [3.05, 3.63) is 69.2 Å². The van der Waals surface area contributed by atoms with E-state index in [0.717, 1.165) is 20.7 Å². The number of hydrogen-bond donors (Lipinski definition) is 0. The van der Waals surface area contributed by atoms with Crippen molar-refractivity contribution in [2.75, 3.05) is 12.4 Å². The van der Waals surface area contributed by atoms with E-state index in [1.165, 1.54) is 22.5 Å². The molecule has 2 nitrogen and oxygen atoms in total. The van der Waals surface area contributed by atoms with Crippen LogP contribution in [0, 0.1) is 25.7 Å². The summed E-state index contributed by atoms with van der Waals surface area (Å²) in [6.07, 6.45) is 0. The van der Waals surface area contributed by atoms with E-state index in [9.17, 15) is 4.79 Å². The van der Waals surface area contributed by atoms with Crippen LogP contribution in [-0.4, -0.2) is 12.4 Å². The zero-order valence-corrected chi connectivity index (χ0v) is 15.8. The van der Waals surface area contributed by atoms with Gasteiger partial charge in [0.15, 0.2) is 0 Å². The Balaban J connectivity index is 1.58. The Hall–Kier alpha value is -2.22. The summed E-state index contributed by atoms with van der Waals surface area (Å²) in [6, 6.07) is 15.7. The van der Waals surface area contributed by atoms with Gasteiger partial charge >= 0.3 is 0 Å². The van der Waals surface area contributed by atoms with Crippen LogP contribution in [0.15, 0.2) is 58.2 Å². The number of thioether (sulfide) groups is 1. The summed E-state index contributed by atoms with van der Waals surface area (Å²) in [4.78, 5) is 12.8. The van der Waals surface area contributed by atoms with Gasteiger partial charge in [-0.05, 0) is 43.2 Å². The molecule has 3 rings (SSSR count). The van der Waals surface area contributed by atoms with Crippen LogP contribution in [0.3, 0.4) is 0 Å². The molecule has 126 valence electrons. The molecule has 0 saturated heterocycles. The van der Waals surface area contributed by atoms with Crippen molar-refractivity contribution in [3.8, 4) is 17.6 Å². The molecule has 0 radical (unpaired) electrons. The van der Waals surface area contributed by atoms with E-state index in [4.69, 9.17) is 4.74 Å². The van der Waals surface area contributed by atoms with Crippen molar-refractivity contribution < 1.29 is 4.74 Å². The second-order valence-electron chi connectivity index (χ2n) is 5.60. The van der Waals surface area contributed by atoms with Gasteiger partial charge in [-0.2, -0.15) is 0 Å². The van der Waals surface area contributed by atoms with Gasteiger partial charge in [-0.1, -0.05) is 47.4 Å². The Morgan fingerprint density at radius 3 is 2.72 bits per heavy atom. The number of hydrogen-bond acceptors (Lipinski definition) is 4. The average molecular weight is 367 g/mol. The molecule has 1 aromatic heterocycles. The van der Waals surface area contributed by atoms with Crippen LogP contribution in [-0.2, 0) is 0 Å². The molecule has 0 spiro atoms. The number of aryl methyl sites for hydroxylation is 2. The SMILES string of the molecule is Cc1ccc(OCC#CCSc2cc(=O)sc3ccccc23)cc1C. The first-order chi connectivity index (χ1) is 12.1. The highest BCUT2D eigenvalue weighted by atomic mass is 32.2. The topological polar surface area (TPSA) is 26.3 Å². The molecule has 25 heavy (non-hydrogen) atoms. The van der Waals surface area contributed by atoms with Gasteiger partial charge in [-0.3, -0.25) is 4.79 Å². The van der Waals surface area contributed by atoms with E-state index in [0.29, 0.717) is 12.4 Å². The summed E-state index contributed by atoms with van der Waals surface area (Å²) in [6.45, 7) is 4.52. The minimum absolute atomic E-state index is 0.0761. The lowest BCUT2D eigenvalue weighted by Gasteiger charge is -2.05. The van der Waals surface area contributed by atoms with Crippen molar-refractivity contribution in [1.29, 1.82) is 0 Å². The monoisotopic (exact) mass is 366 g/mol. The third kappa shape index (κ3) is 4.66. The van der Waals surface area contributed by atoms with Crippen LogP contribution in [0.5, 0.6) is 5.75 Å². The molecule has 1 heterocycles. The zero-order chi connectivity index (χ0) is 17.6. The Kier molecular flexibility index (Phi) is 5.80. The maximum absolute atomic E-state index is 11.8. The normalized spacial score (nSPS) is 10.3. The molecule has 0 bridgehead atoms. The smallest absolute Gasteiger partial charge is 0.234 e. The quantitative estimate of drug-likeness (QED) is 0.477. The lowest BCUT2D eigenvalue weighted by atomic mass is 10.1. The summed E-state index contributed by atoms with van der Waals surface area (Å²) in [5.41, 5.74) is 2.47. The standard InChI is InChI=1S/C21H18O2S2/c1-15-9-10-17(13-16(15)2)23-11-5-6-12-24-20-14-21(22)25-19-8-4-3-7-18(19)20/h3-4,7-10,13-14H,11-12H2,1-2H3. The third-order valence-corrected chi connectivity index (χ3v) is 5.66. The second kappa shape index (κ2) is 8.24. The summed E-state index contributed by atoms with van der Waals surface area (Å²) < 4.78 is 6.75. The van der Waals surface area contributed by atoms with Gasteiger partial charge in [0, 0.05) is 21.0 Å². The molecule has 3 aromatic rings. The zero-order valence-electron chi connectivity index (χ0n) is 14.2. The third-order valence-electron chi connectivity index (χ3n) is 3.83. The van der Waals surface area contributed by atoms with E-state index in [1.54, 1.807) is 17.8 Å². The molecule has 0 aliphatic rings. The molecule has 0 aliphatic heterocycles. The number of benzene rings is 2. The highest BCUT2D eigenvalue weighted by Crippen LogP contribution is 2.27. The highest BCUT2D eigenvalue weighted by Gasteiger charge is 2.03. The summed E-state index contributed by atoms with van der Waals surface area (Å²) in [5, 5.41) is 1.12. The second-order valence-corrected chi connectivity index (χ2v) is 7.67. The van der Waals surface area contributed by atoms with Gasteiger partial charge in [0.05, 0.1) is 5.75 Å². The van der Waals surface area contributed by atoms with Crippen molar-refractivity contribution in [2.45, 2.75) is 18.7 Å². The molecular formula is C21H18O2S2. The minimum Gasteiger partial charge on any atom is -0.481 e. The van der Waals surface area contributed by atoms with Crippen molar-refractivity contribution in [1.82, 2.24) is 0 Å². The van der Waals surface area contributed by atoms with E-state index in [1.807, 2.05) is 36.4 Å². The van der Waals surface area contributed by atoms with Crippen LogP contribution in [0.25, 0.3) is 10.1 Å². The van der Waals surface area contributed by atoms with Crippen molar-refractivity contribution in [2.24, 2.45) is 0 Å². The van der Waals surface area contributed by atoms with Gasteiger partial charge in [0.25, 0.3) is 0 Å². The fourth-order valence-electron chi connectivity index (χ4n) is 2.34. The van der Waals surface area contributed by atoms with Crippen LogP contribution in [0.2, 0.25) is 0 Å². The van der Waals surface area contributed by atoms with Crippen molar-refractivity contribution >= 4 is 33.2 Å². The van der Waals surface area contributed by atoms with Gasteiger partial charge < -0.3 is 4.74 Å². The predicted molar refractivity (Wildman–Crippen MR) is 108 cm³/mol. The first-order valence-corrected chi connectivity index (χ1v) is 9.75. The van der Waals surface area contributed by atoms with E-state index in [2.05, 4.69) is 31.8 Å². The summed E-state index contributed by atoms with van der Waals surface area (Å²) in [5.74, 6) is 7.61. The lowest BCUT2D eigenvalue weighted by molar-refractivity contribution is 0.370. The molecule has 0 fully saturated rings. The maximum atomic E-state index is 11.8. The van der Waals surface area contributed by atoms with Gasteiger partial charge in [-0.25, -0.2) is 0 Å². The molecule has 4 heteroatoms. The van der Waals surface area contributed by atoms with Gasteiger partial charge in [-0.15, -0.1) is 11.8 Å². The predicted octanol–water partition coefficient (Wildman–Crippen LogP) is 5.05. The van der Waals surface area contributed by atoms with Crippen LogP contribution < -0.4 is 9.48 Å². The molecular weight excluding hydrogens is 348 g/mol. The lowest BCUT2D eigenvalue weighted by Crippen LogP contribution is -1.95. The molecule has 0 aliphatic carbocycles. The van der Waals surface area contributed by atoms with E-state index in [-0.39, 0.29) is 4.74 Å². The first-order valence-electron chi connectivity index (χ1n) is 7.95. The fraction of sp³-hybridized carbons (Fsp3) is 0.190. The molecule has 0 unspecified atom stereocenters. The molecule has 0 amide bonds. The number of ether oxygens (including phenoxy) is 1. The van der Waals surface area contributed by atoms with Crippen LogP contribution in [0.4, 0.5) is 0 Å². The van der Waals surface area contributed by atoms with Crippen LogP contribution >= 0.6 is 23.1 Å². The fourth-order valence-corrected chi connectivity index (χ4v) is 4.16. The minimum atomic E-state index is 0.0761. The highest BCUT2D eigenvalue weighted by molar-refractivity contribution is 7.99. The Morgan fingerprint density at radius 2 is 1.88 bits per heavy atom. The summed E-state index contributed by atoms with van der Waals surface area (Å²) in [7, 11) is 0. The van der Waals surface area contributed by atoms with Crippen molar-refractivity contribution in [3.63, 3.8) is 0 Å². The average Bonchev–Trinajstić information content (AvgIpc) is 2.60.